The lowest BCUT2D eigenvalue weighted by Crippen LogP contribution is -2.27. The number of nitrogens with zero attached hydrogens (tertiary/aromatic N) is 6. The van der Waals surface area contributed by atoms with Gasteiger partial charge in [-0.1, -0.05) is 6.07 Å². The molecule has 3 N–H and O–H groups in total. The van der Waals surface area contributed by atoms with E-state index in [4.69, 9.17) is 5.73 Å². The first-order valence-electron chi connectivity index (χ1n) is 12.9. The minimum absolute atomic E-state index is 0.0409. The summed E-state index contributed by atoms with van der Waals surface area (Å²) in [6.45, 7) is 2.94. The highest BCUT2D eigenvalue weighted by atomic mass is 19.1. The van der Waals surface area contributed by atoms with E-state index >= 15 is 4.39 Å². The van der Waals surface area contributed by atoms with Crippen LogP contribution in [0.5, 0.6) is 0 Å². The molecule has 1 aromatic carbocycles. The monoisotopic (exact) mass is 500 g/mol. The van der Waals surface area contributed by atoms with Gasteiger partial charge in [0.1, 0.15) is 22.9 Å². The molecule has 2 atom stereocenters. The number of nitrogens with two attached hydrogens (primary N) is 1. The van der Waals surface area contributed by atoms with Crippen LogP contribution in [0.25, 0.3) is 22.3 Å². The summed E-state index contributed by atoms with van der Waals surface area (Å²) in [5, 5.41) is 3.05. The molecule has 2 aliphatic carbocycles. The number of aromatic nitrogens is 5. The molecule has 2 saturated carbocycles. The van der Waals surface area contributed by atoms with Gasteiger partial charge in [0.05, 0.1) is 11.7 Å². The number of hydrogen-bond donors (Lipinski definition) is 2. The fourth-order valence-electron chi connectivity index (χ4n) is 6.47. The summed E-state index contributed by atoms with van der Waals surface area (Å²) in [5.41, 5.74) is 8.67. The van der Waals surface area contributed by atoms with Crippen LogP contribution in [0.4, 0.5) is 20.5 Å². The minimum Gasteiger partial charge on any atom is -0.327 e. The molecule has 2 unspecified atom stereocenters. The van der Waals surface area contributed by atoms with Gasteiger partial charge in [-0.2, -0.15) is 0 Å². The molecule has 3 aromatic heterocycles. The number of imidazole rings is 1. The van der Waals surface area contributed by atoms with E-state index in [1.807, 2.05) is 18.3 Å². The number of aryl methyl sites for hydroxylation is 1. The van der Waals surface area contributed by atoms with Gasteiger partial charge in [0.25, 0.3) is 0 Å². The van der Waals surface area contributed by atoms with Crippen molar-refractivity contribution in [3.63, 3.8) is 0 Å². The van der Waals surface area contributed by atoms with Crippen LogP contribution in [-0.2, 0) is 18.5 Å². The van der Waals surface area contributed by atoms with Crippen LogP contribution in [0.15, 0.2) is 36.7 Å². The highest BCUT2D eigenvalue weighted by Gasteiger charge is 2.53. The lowest BCUT2D eigenvalue weighted by Gasteiger charge is -2.18. The lowest BCUT2D eigenvalue weighted by molar-refractivity contribution is 0.290. The zero-order valence-corrected chi connectivity index (χ0v) is 20.2. The van der Waals surface area contributed by atoms with E-state index in [2.05, 4.69) is 34.7 Å². The predicted octanol–water partition coefficient (Wildman–Crippen LogP) is 3.73. The summed E-state index contributed by atoms with van der Waals surface area (Å²) in [6.07, 6.45) is 6.96. The van der Waals surface area contributed by atoms with Crippen molar-refractivity contribution >= 4 is 22.8 Å². The van der Waals surface area contributed by atoms with Crippen molar-refractivity contribution in [3.8, 4) is 11.3 Å². The lowest BCUT2D eigenvalue weighted by atomic mass is 10.1. The zero-order valence-electron chi connectivity index (χ0n) is 20.2. The summed E-state index contributed by atoms with van der Waals surface area (Å²) >= 11 is 0. The number of halogens is 2. The van der Waals surface area contributed by atoms with Crippen LogP contribution in [0.2, 0.25) is 0 Å². The van der Waals surface area contributed by atoms with Gasteiger partial charge in [-0.15, -0.1) is 0 Å². The molecular weight excluding hydrogens is 474 g/mol. The molecule has 2 aliphatic heterocycles. The molecule has 4 aromatic rings. The van der Waals surface area contributed by atoms with Gasteiger partial charge in [0.2, 0.25) is 5.95 Å². The Bertz CT molecular complexity index is 1550. The summed E-state index contributed by atoms with van der Waals surface area (Å²) in [5.74, 6) is 1.89. The van der Waals surface area contributed by atoms with Crippen molar-refractivity contribution < 1.29 is 8.78 Å². The number of benzene rings is 1. The highest BCUT2D eigenvalue weighted by molar-refractivity contribution is 5.83. The number of pyridine rings is 1. The molecule has 4 aliphatic rings. The highest BCUT2D eigenvalue weighted by Crippen LogP contribution is 2.53. The van der Waals surface area contributed by atoms with Gasteiger partial charge >= 0.3 is 0 Å². The maximum atomic E-state index is 15.1. The van der Waals surface area contributed by atoms with E-state index in [9.17, 15) is 4.39 Å². The topological polar surface area (TPSA) is 97.8 Å². The number of anilines is 2. The van der Waals surface area contributed by atoms with E-state index in [1.165, 1.54) is 6.07 Å². The minimum atomic E-state index is -0.613. The van der Waals surface area contributed by atoms with E-state index < -0.39 is 11.6 Å². The fraction of sp³-hybridized carbons (Fsp3) is 0.407. The van der Waals surface area contributed by atoms with Crippen molar-refractivity contribution in [2.75, 3.05) is 18.4 Å². The molecule has 8 rings (SSSR count). The number of fused-ring (bicyclic) bond motifs is 5. The van der Waals surface area contributed by atoms with Gasteiger partial charge < -0.3 is 15.6 Å². The normalized spacial score (nSPS) is 25.0. The smallest absolute Gasteiger partial charge is 0.229 e. The summed E-state index contributed by atoms with van der Waals surface area (Å²) < 4.78 is 32.1. The van der Waals surface area contributed by atoms with Crippen LogP contribution in [0.1, 0.15) is 30.7 Å². The number of hydrogen-bond acceptors (Lipinski definition) is 7. The molecule has 1 spiro atoms. The largest absolute Gasteiger partial charge is 0.327 e. The molecular formula is C27H26F2N8. The third-order valence-electron chi connectivity index (χ3n) is 8.72. The molecule has 5 heterocycles. The first-order chi connectivity index (χ1) is 18.0. The van der Waals surface area contributed by atoms with Gasteiger partial charge in [0.15, 0.2) is 11.6 Å². The number of piperidine rings is 1. The number of likely N-dealkylation sites (tertiary alicyclic amines) is 1. The van der Waals surface area contributed by atoms with Crippen molar-refractivity contribution in [2.24, 2.45) is 17.6 Å². The second kappa shape index (κ2) is 7.52. The standard InChI is InChI=1S/C27H26F2N8/c28-18-7-15(8-20-25(18)34-22-3-4-27(5-6-27)37(20)22)24-19(29)10-32-26(35-24)33-21-2-1-14(9-31-21)11-36-12-16-17(13-36)23(16)30/h1-2,7-10,16-17,23H,3-6,11-13,30H2,(H,31,32,33,35). The molecule has 37 heavy (non-hydrogen) atoms. The van der Waals surface area contributed by atoms with E-state index in [1.54, 1.807) is 6.07 Å². The van der Waals surface area contributed by atoms with E-state index in [0.717, 1.165) is 62.9 Å². The molecule has 0 radical (unpaired) electrons. The summed E-state index contributed by atoms with van der Waals surface area (Å²) in [6, 6.07) is 7.37. The van der Waals surface area contributed by atoms with Crippen molar-refractivity contribution in [1.82, 2.24) is 29.4 Å². The number of nitrogens with one attached hydrogen (secondary N) is 1. The van der Waals surface area contributed by atoms with Gasteiger partial charge in [-0.05, 0) is 54.9 Å². The maximum absolute atomic E-state index is 15.1. The molecule has 10 heteroatoms. The fourth-order valence-corrected chi connectivity index (χ4v) is 6.47. The Kier molecular flexibility index (Phi) is 4.38. The van der Waals surface area contributed by atoms with Gasteiger partial charge in [-0.3, -0.25) is 4.90 Å². The Morgan fingerprint density at radius 3 is 2.59 bits per heavy atom. The van der Waals surface area contributed by atoms with E-state index in [-0.39, 0.29) is 17.2 Å². The SMILES string of the molecule is NC1C2CN(Cc3ccc(Nc4ncc(F)c(-c5cc(F)c6nc7n(c6c5)C5(CC7)CC5)n4)nc3)CC12. The average Bonchev–Trinajstić information content (AvgIpc) is 3.56. The second-order valence-electron chi connectivity index (χ2n) is 11.1. The third kappa shape index (κ3) is 3.39. The van der Waals surface area contributed by atoms with Gasteiger partial charge in [-0.25, -0.2) is 28.7 Å². The van der Waals surface area contributed by atoms with Crippen molar-refractivity contribution in [2.45, 2.75) is 43.8 Å². The predicted molar refractivity (Wildman–Crippen MR) is 134 cm³/mol. The Balaban J connectivity index is 1.05. The Morgan fingerprint density at radius 2 is 1.84 bits per heavy atom. The average molecular weight is 501 g/mol. The Hall–Kier alpha value is -3.50. The Labute approximate surface area is 211 Å². The van der Waals surface area contributed by atoms with Crippen LogP contribution in [0.3, 0.4) is 0 Å². The zero-order chi connectivity index (χ0) is 24.9. The molecule has 8 nitrogen and oxygen atoms in total. The first kappa shape index (κ1) is 21.6. The van der Waals surface area contributed by atoms with Crippen LogP contribution in [0, 0.1) is 23.5 Å². The molecule has 3 fully saturated rings. The third-order valence-corrected chi connectivity index (χ3v) is 8.72. The number of rotatable bonds is 5. The van der Waals surface area contributed by atoms with Crippen molar-refractivity contribution in [3.05, 3.63) is 59.7 Å². The summed E-state index contributed by atoms with van der Waals surface area (Å²) in [7, 11) is 0. The van der Waals surface area contributed by atoms with E-state index in [0.29, 0.717) is 40.3 Å². The second-order valence-corrected chi connectivity index (χ2v) is 11.1. The molecule has 0 amide bonds. The van der Waals surface area contributed by atoms with Gasteiger partial charge in [0, 0.05) is 49.4 Å². The van der Waals surface area contributed by atoms with Crippen LogP contribution < -0.4 is 11.1 Å². The molecule has 188 valence electrons. The Morgan fingerprint density at radius 1 is 1.00 bits per heavy atom. The van der Waals surface area contributed by atoms with Crippen molar-refractivity contribution in [1.29, 1.82) is 0 Å². The van der Waals surface area contributed by atoms with Crippen LogP contribution in [-0.4, -0.2) is 48.5 Å². The quantitative estimate of drug-likeness (QED) is 0.431. The molecule has 1 saturated heterocycles. The first-order valence-corrected chi connectivity index (χ1v) is 12.9. The maximum Gasteiger partial charge on any atom is 0.229 e. The molecule has 0 bridgehead atoms. The summed E-state index contributed by atoms with van der Waals surface area (Å²) in [4.78, 5) is 19.9. The van der Waals surface area contributed by atoms with Crippen LogP contribution >= 0.6 is 0 Å².